The molecule has 2 aliphatic rings. The van der Waals surface area contributed by atoms with Crippen LogP contribution in [0.25, 0.3) is 28.0 Å². The highest BCUT2D eigenvalue weighted by Gasteiger charge is 2.37. The molecule has 47 heavy (non-hydrogen) atoms. The second-order valence-corrected chi connectivity index (χ2v) is 13.1. The zero-order chi connectivity index (χ0) is 34.6. The van der Waals surface area contributed by atoms with Gasteiger partial charge in [-0.1, -0.05) is 55.2 Å². The number of carbonyl (C=O) groups excluding carboxylic acids is 1. The average Bonchev–Trinajstić information content (AvgIpc) is 3.02. The number of amides is 1. The van der Waals surface area contributed by atoms with Crippen LogP contribution in [0.5, 0.6) is 0 Å². The van der Waals surface area contributed by atoms with Crippen LogP contribution in [0.3, 0.4) is 0 Å². The van der Waals surface area contributed by atoms with Crippen molar-refractivity contribution in [1.82, 2.24) is 19.8 Å². The highest BCUT2D eigenvalue weighted by Crippen LogP contribution is 2.44. The highest BCUT2D eigenvalue weighted by molar-refractivity contribution is 6.44. The molecule has 1 aromatic carbocycles. The van der Waals surface area contributed by atoms with Crippen molar-refractivity contribution in [3.63, 3.8) is 0 Å². The van der Waals surface area contributed by atoms with Crippen LogP contribution in [-0.4, -0.2) is 51.6 Å². The number of nitriles is 1. The van der Waals surface area contributed by atoms with Crippen LogP contribution in [0.4, 0.5) is 18.9 Å². The summed E-state index contributed by atoms with van der Waals surface area (Å²) in [7, 11) is 0. The number of aromatic nitrogens is 2. The molecule has 4 heterocycles. The Bertz CT molecular complexity index is 1980. The van der Waals surface area contributed by atoms with E-state index in [1.165, 1.54) is 16.7 Å². The number of fused-ring (bicyclic) bond motifs is 1. The molecular weight excluding hydrogens is 676 g/mol. The van der Waals surface area contributed by atoms with E-state index in [2.05, 4.69) is 22.9 Å². The molecular formula is C33H30Cl3F3N6O2. The minimum absolute atomic E-state index is 0.0401. The highest BCUT2D eigenvalue weighted by atomic mass is 35.5. The molecule has 0 unspecified atom stereocenters. The van der Waals surface area contributed by atoms with Gasteiger partial charge in [-0.15, -0.1) is 0 Å². The van der Waals surface area contributed by atoms with E-state index in [1.54, 1.807) is 24.1 Å². The maximum Gasteiger partial charge on any atom is 0.276 e. The standard InChI is InChI=1S/C33H30Cl3F3N6O2/c1-7-21(46)44-16(5)12-43(13-17(44)6)31-18-10-20(34)29(22-23(35)24(36)26(38)27(39)25(22)37)42-32(18)45(33(47)19(31)11-40)30-15(4)8-9-41-28(30)14(2)3/h7-10,14,16-17,28,41H,1,12-13H2,2-6H3/t16-,17+,28-/m1/s1. The molecule has 246 valence electrons. The minimum Gasteiger partial charge on any atom is -0.382 e. The Morgan fingerprint density at radius 1 is 1.13 bits per heavy atom. The van der Waals surface area contributed by atoms with Gasteiger partial charge >= 0.3 is 0 Å². The Kier molecular flexibility index (Phi) is 9.43. The molecule has 3 aromatic rings. The van der Waals surface area contributed by atoms with E-state index in [4.69, 9.17) is 34.8 Å². The number of nitrogens with zero attached hydrogens (tertiary/aromatic N) is 5. The van der Waals surface area contributed by atoms with Crippen LogP contribution >= 0.6 is 34.8 Å². The predicted octanol–water partition coefficient (Wildman–Crippen LogP) is 7.30. The van der Waals surface area contributed by atoms with Crippen LogP contribution in [0.1, 0.15) is 40.2 Å². The third-order valence-corrected chi connectivity index (χ3v) is 9.63. The first kappa shape index (κ1) is 34.4. The number of hydrogen-bond acceptors (Lipinski definition) is 6. The molecule has 0 saturated carbocycles. The molecule has 14 heteroatoms. The Hall–Kier alpha value is -3.98. The van der Waals surface area contributed by atoms with E-state index in [0.29, 0.717) is 11.3 Å². The fourth-order valence-corrected chi connectivity index (χ4v) is 7.14. The van der Waals surface area contributed by atoms with E-state index >= 15 is 4.39 Å². The van der Waals surface area contributed by atoms with Gasteiger partial charge in [-0.25, -0.2) is 18.2 Å². The number of pyridine rings is 2. The maximum absolute atomic E-state index is 15.4. The van der Waals surface area contributed by atoms with E-state index in [9.17, 15) is 23.6 Å². The van der Waals surface area contributed by atoms with Crippen molar-refractivity contribution in [2.75, 3.05) is 18.0 Å². The normalized spacial score (nSPS) is 19.8. The molecule has 8 nitrogen and oxygen atoms in total. The summed E-state index contributed by atoms with van der Waals surface area (Å²) < 4.78 is 45.6. The molecule has 1 saturated heterocycles. The Balaban J connectivity index is 1.92. The van der Waals surface area contributed by atoms with E-state index in [-0.39, 0.29) is 64.3 Å². The van der Waals surface area contributed by atoms with Crippen molar-refractivity contribution in [2.24, 2.45) is 5.92 Å². The smallest absolute Gasteiger partial charge is 0.276 e. The molecule has 5 rings (SSSR count). The van der Waals surface area contributed by atoms with Crippen molar-refractivity contribution in [3.8, 4) is 17.3 Å². The van der Waals surface area contributed by atoms with Crippen molar-refractivity contribution in [1.29, 1.82) is 5.26 Å². The predicted molar refractivity (Wildman–Crippen MR) is 179 cm³/mol. The summed E-state index contributed by atoms with van der Waals surface area (Å²) in [6.45, 7) is 13.4. The minimum atomic E-state index is -1.87. The first-order valence-corrected chi connectivity index (χ1v) is 15.8. The number of rotatable bonds is 5. The third-order valence-electron chi connectivity index (χ3n) is 8.51. The summed E-state index contributed by atoms with van der Waals surface area (Å²) >= 11 is 18.9. The zero-order valence-electron chi connectivity index (χ0n) is 26.1. The largest absolute Gasteiger partial charge is 0.382 e. The van der Waals surface area contributed by atoms with Gasteiger partial charge in [-0.2, -0.15) is 5.26 Å². The van der Waals surface area contributed by atoms with Gasteiger partial charge in [0.15, 0.2) is 17.5 Å². The van der Waals surface area contributed by atoms with E-state index in [1.807, 2.05) is 32.6 Å². The molecule has 1 amide bonds. The van der Waals surface area contributed by atoms with Crippen molar-refractivity contribution >= 4 is 63.1 Å². The molecule has 0 spiro atoms. The van der Waals surface area contributed by atoms with E-state index < -0.39 is 50.4 Å². The first-order valence-electron chi connectivity index (χ1n) is 14.7. The first-order chi connectivity index (χ1) is 22.2. The number of anilines is 1. The number of nitrogens with one attached hydrogen (secondary N) is 1. The summed E-state index contributed by atoms with van der Waals surface area (Å²) in [6.07, 6.45) is 4.74. The molecule has 1 N–H and O–H groups in total. The summed E-state index contributed by atoms with van der Waals surface area (Å²) in [6, 6.07) is 2.34. The fraction of sp³-hybridized carbons (Fsp3) is 0.333. The number of hydrogen-bond donors (Lipinski definition) is 1. The molecule has 0 radical (unpaired) electrons. The van der Waals surface area contributed by atoms with Crippen LogP contribution in [0.15, 0.2) is 41.4 Å². The maximum atomic E-state index is 15.4. The molecule has 3 atom stereocenters. The third kappa shape index (κ3) is 5.56. The van der Waals surface area contributed by atoms with Crippen LogP contribution in [0.2, 0.25) is 15.1 Å². The number of halogens is 6. The Morgan fingerprint density at radius 3 is 2.34 bits per heavy atom. The quantitative estimate of drug-likeness (QED) is 0.170. The van der Waals surface area contributed by atoms with Gasteiger partial charge in [-0.3, -0.25) is 14.2 Å². The molecule has 2 aliphatic heterocycles. The fourth-order valence-electron chi connectivity index (χ4n) is 6.46. The zero-order valence-corrected chi connectivity index (χ0v) is 28.3. The second kappa shape index (κ2) is 12.9. The molecule has 0 aliphatic carbocycles. The molecule has 1 fully saturated rings. The van der Waals surface area contributed by atoms with E-state index in [0.717, 1.165) is 0 Å². The number of piperazine rings is 1. The Morgan fingerprint density at radius 2 is 1.77 bits per heavy atom. The lowest BCUT2D eigenvalue weighted by atomic mass is 9.94. The Labute approximate surface area is 284 Å². The number of benzene rings is 1. The SMILES string of the molecule is C=CC(=O)N1[C@H](C)CN(c2c(C#N)c(=O)n(C3=C(C)C=CN[C@@H]3C(C)C)c3nc(-c4c(F)c(F)c(F)c(Cl)c4Cl)c(Cl)cc23)C[C@@H]1C. The lowest BCUT2D eigenvalue weighted by Gasteiger charge is -2.45. The topological polar surface area (TPSA) is 94.3 Å². The summed E-state index contributed by atoms with van der Waals surface area (Å²) in [5.74, 6) is -5.54. The number of allylic oxidation sites excluding steroid dienone is 2. The van der Waals surface area contributed by atoms with Gasteiger partial charge < -0.3 is 15.1 Å². The summed E-state index contributed by atoms with van der Waals surface area (Å²) in [5, 5.41) is 12.2. The summed E-state index contributed by atoms with van der Waals surface area (Å²) in [4.78, 5) is 35.3. The van der Waals surface area contributed by atoms with Gasteiger partial charge in [0.25, 0.3) is 5.56 Å². The summed E-state index contributed by atoms with van der Waals surface area (Å²) in [5.41, 5.74) is -0.688. The average molecular weight is 706 g/mol. The molecule has 0 bridgehead atoms. The van der Waals surface area contributed by atoms with Gasteiger partial charge in [-0.05, 0) is 56.7 Å². The van der Waals surface area contributed by atoms with Crippen LogP contribution in [-0.2, 0) is 4.79 Å². The van der Waals surface area contributed by atoms with Gasteiger partial charge in [0.05, 0.1) is 43.8 Å². The number of dihydropyridines is 1. The lowest BCUT2D eigenvalue weighted by Crippen LogP contribution is -2.58. The molecule has 2 aromatic heterocycles. The van der Waals surface area contributed by atoms with Crippen LogP contribution < -0.4 is 15.8 Å². The van der Waals surface area contributed by atoms with Crippen molar-refractivity contribution < 1.29 is 18.0 Å². The van der Waals surface area contributed by atoms with Gasteiger partial charge in [0.1, 0.15) is 17.3 Å². The number of carbonyl (C=O) groups is 1. The van der Waals surface area contributed by atoms with Gasteiger partial charge in [0.2, 0.25) is 5.91 Å². The van der Waals surface area contributed by atoms with Crippen molar-refractivity contribution in [3.05, 3.63) is 85.0 Å². The van der Waals surface area contributed by atoms with Gasteiger partial charge in [0, 0.05) is 30.6 Å². The monoisotopic (exact) mass is 704 g/mol. The van der Waals surface area contributed by atoms with Crippen LogP contribution in [0, 0.1) is 34.7 Å². The second-order valence-electron chi connectivity index (χ2n) is 12.0. The van der Waals surface area contributed by atoms with Crippen molar-refractivity contribution in [2.45, 2.75) is 52.7 Å². The lowest BCUT2D eigenvalue weighted by molar-refractivity contribution is -0.130.